The van der Waals surface area contributed by atoms with Crippen LogP contribution in [0.4, 0.5) is 14.6 Å². The number of morpholine rings is 1. The van der Waals surface area contributed by atoms with Gasteiger partial charge >= 0.3 is 0 Å². The molecule has 5 heterocycles. The van der Waals surface area contributed by atoms with Gasteiger partial charge in [0.05, 0.1) is 44.6 Å². The molecule has 0 spiro atoms. The van der Waals surface area contributed by atoms with E-state index < -0.39 is 5.92 Å². The van der Waals surface area contributed by atoms with E-state index in [0.29, 0.717) is 46.4 Å². The van der Waals surface area contributed by atoms with Gasteiger partial charge in [-0.05, 0) is 42.8 Å². The second-order valence-electron chi connectivity index (χ2n) is 11.5. The summed E-state index contributed by atoms with van der Waals surface area (Å²) in [6.07, 6.45) is 3.63. The van der Waals surface area contributed by atoms with Crippen molar-refractivity contribution >= 4 is 22.5 Å². The van der Waals surface area contributed by atoms with E-state index in [9.17, 15) is 18.7 Å². The molecule has 0 amide bonds. The first-order chi connectivity index (χ1) is 22.4. The molecule has 12 heteroatoms. The molecule has 242 valence electrons. The predicted molar refractivity (Wildman–Crippen MR) is 168 cm³/mol. The van der Waals surface area contributed by atoms with Crippen LogP contribution in [0.15, 0.2) is 60.9 Å². The maximum atomic E-state index is 13.6. The van der Waals surface area contributed by atoms with Crippen molar-refractivity contribution in [3.8, 4) is 17.2 Å². The van der Waals surface area contributed by atoms with E-state index in [1.165, 1.54) is 0 Å². The molecule has 0 saturated carbocycles. The van der Waals surface area contributed by atoms with Gasteiger partial charge in [0.15, 0.2) is 5.78 Å². The van der Waals surface area contributed by atoms with Gasteiger partial charge in [-0.1, -0.05) is 6.07 Å². The number of fused-ring (bicyclic) bond motifs is 1. The molecule has 0 bridgehead atoms. The van der Waals surface area contributed by atoms with Crippen LogP contribution in [-0.4, -0.2) is 89.2 Å². The van der Waals surface area contributed by atoms with Crippen molar-refractivity contribution in [2.45, 2.75) is 38.2 Å². The third kappa shape index (κ3) is 7.93. The van der Waals surface area contributed by atoms with Crippen LogP contribution in [0.1, 0.15) is 41.0 Å². The summed E-state index contributed by atoms with van der Waals surface area (Å²) in [6.45, 7) is 5.03. The smallest absolute Gasteiger partial charge is 0.251 e. The highest BCUT2D eigenvalue weighted by Crippen LogP contribution is 2.34. The third-order valence-corrected chi connectivity index (χ3v) is 8.24. The highest BCUT2D eigenvalue weighted by molar-refractivity contribution is 5.95. The molecule has 10 nitrogen and oxygen atoms in total. The fourth-order valence-electron chi connectivity index (χ4n) is 5.61. The lowest BCUT2D eigenvalue weighted by Crippen LogP contribution is -2.39. The molecule has 3 aromatic heterocycles. The highest BCUT2D eigenvalue weighted by Gasteiger charge is 2.34. The van der Waals surface area contributed by atoms with E-state index >= 15 is 0 Å². The molecule has 2 aliphatic heterocycles. The Kier molecular flexibility index (Phi) is 9.96. The first-order valence-corrected chi connectivity index (χ1v) is 15.6. The second-order valence-corrected chi connectivity index (χ2v) is 11.5. The number of rotatable bonds is 12. The van der Waals surface area contributed by atoms with E-state index in [1.807, 2.05) is 12.1 Å². The Bertz CT molecular complexity index is 1640. The van der Waals surface area contributed by atoms with Crippen LogP contribution in [-0.2, 0) is 17.8 Å². The van der Waals surface area contributed by atoms with Gasteiger partial charge < -0.3 is 24.2 Å². The van der Waals surface area contributed by atoms with Gasteiger partial charge in [-0.2, -0.15) is 0 Å². The summed E-state index contributed by atoms with van der Waals surface area (Å²) >= 11 is 0. The number of aliphatic hydroxyl groups excluding tert-OH is 1. The maximum Gasteiger partial charge on any atom is 0.251 e. The SMILES string of the molecule is O=C(Cc1ccc(Oc2ccnc3cc(OCCCN4CCOCC4)c(CO)cc23)cn1)c1cccc(N2CCC(F)(F)CC2)n1. The number of halogens is 2. The van der Waals surface area contributed by atoms with E-state index in [2.05, 4.69) is 19.9 Å². The highest BCUT2D eigenvalue weighted by atomic mass is 19.3. The monoisotopic (exact) mass is 633 g/mol. The number of carbonyl (C=O) groups excluding carboxylic acids is 1. The maximum absolute atomic E-state index is 13.6. The summed E-state index contributed by atoms with van der Waals surface area (Å²) in [5.41, 5.74) is 2.11. The molecule has 4 aromatic rings. The fraction of sp³-hybridized carbons (Fsp3) is 0.412. The van der Waals surface area contributed by atoms with Gasteiger partial charge in [0.1, 0.15) is 28.8 Å². The number of hydrogen-bond acceptors (Lipinski definition) is 10. The minimum atomic E-state index is -2.65. The number of hydrogen-bond donors (Lipinski definition) is 1. The first-order valence-electron chi connectivity index (χ1n) is 15.6. The van der Waals surface area contributed by atoms with Crippen molar-refractivity contribution in [3.63, 3.8) is 0 Å². The zero-order valence-electron chi connectivity index (χ0n) is 25.5. The zero-order chi connectivity index (χ0) is 31.9. The second kappa shape index (κ2) is 14.4. The van der Waals surface area contributed by atoms with Crippen molar-refractivity contribution in [1.29, 1.82) is 0 Å². The summed E-state index contributed by atoms with van der Waals surface area (Å²) in [5.74, 6) is -0.745. The van der Waals surface area contributed by atoms with E-state index in [-0.39, 0.29) is 50.4 Å². The van der Waals surface area contributed by atoms with Crippen LogP contribution < -0.4 is 14.4 Å². The predicted octanol–water partition coefficient (Wildman–Crippen LogP) is 5.07. The number of ketones is 1. The number of piperidine rings is 1. The van der Waals surface area contributed by atoms with Crippen molar-refractivity contribution in [2.75, 3.05) is 57.4 Å². The summed E-state index contributed by atoms with van der Waals surface area (Å²) in [4.78, 5) is 30.5. The lowest BCUT2D eigenvalue weighted by atomic mass is 10.1. The molecule has 2 fully saturated rings. The minimum absolute atomic E-state index is 0.0298. The molecular weight excluding hydrogens is 596 g/mol. The number of pyridine rings is 3. The normalized spacial score (nSPS) is 16.8. The van der Waals surface area contributed by atoms with Crippen molar-refractivity contribution < 1.29 is 32.9 Å². The number of aliphatic hydroxyl groups is 1. The summed E-state index contributed by atoms with van der Waals surface area (Å²) in [5, 5.41) is 10.8. The van der Waals surface area contributed by atoms with Crippen molar-refractivity contribution in [3.05, 3.63) is 77.9 Å². The average Bonchev–Trinajstić information content (AvgIpc) is 3.08. The summed E-state index contributed by atoms with van der Waals surface area (Å²) < 4.78 is 44.7. The Labute approximate surface area is 265 Å². The topological polar surface area (TPSA) is 110 Å². The van der Waals surface area contributed by atoms with Crippen LogP contribution in [0.3, 0.4) is 0 Å². The number of alkyl halides is 2. The zero-order valence-corrected chi connectivity index (χ0v) is 25.5. The quantitative estimate of drug-likeness (QED) is 0.168. The molecule has 1 N–H and O–H groups in total. The molecule has 46 heavy (non-hydrogen) atoms. The number of Topliss-reactive ketones (excluding diaryl/α,β-unsaturated/α-hetero) is 1. The Hall–Kier alpha value is -4.26. The number of anilines is 1. The standard InChI is InChI=1S/C34H37F2N5O5/c35-34(36)8-12-41(13-9-34)33-4-1-3-28(39-33)30(43)20-25-5-6-26(22-38-25)46-31-7-10-37-29-21-32(24(23-42)19-27(29)31)45-16-2-11-40-14-17-44-18-15-40/h1,3-7,10,19,21-22,42H,2,8-9,11-18,20,23H2. The molecule has 0 aliphatic carbocycles. The summed E-state index contributed by atoms with van der Waals surface area (Å²) in [7, 11) is 0. The number of benzene rings is 1. The average molecular weight is 634 g/mol. The molecule has 6 rings (SSSR count). The van der Waals surface area contributed by atoms with Crippen LogP contribution in [0.25, 0.3) is 10.9 Å². The number of aromatic nitrogens is 3. The Balaban J connectivity index is 1.07. The lowest BCUT2D eigenvalue weighted by molar-refractivity contribution is -0.0221. The molecule has 2 aliphatic rings. The molecule has 0 unspecified atom stereocenters. The molecule has 1 aromatic carbocycles. The fourth-order valence-corrected chi connectivity index (χ4v) is 5.61. The van der Waals surface area contributed by atoms with Crippen molar-refractivity contribution in [1.82, 2.24) is 19.9 Å². The molecule has 0 atom stereocenters. The van der Waals surface area contributed by atoms with E-state index in [0.717, 1.165) is 44.7 Å². The number of nitrogens with zero attached hydrogens (tertiary/aromatic N) is 5. The Morgan fingerprint density at radius 3 is 2.59 bits per heavy atom. The first kappa shape index (κ1) is 31.7. The van der Waals surface area contributed by atoms with E-state index in [1.54, 1.807) is 53.7 Å². The Morgan fingerprint density at radius 1 is 1.00 bits per heavy atom. The van der Waals surface area contributed by atoms with Gasteiger partial charge in [-0.25, -0.2) is 13.8 Å². The molecule has 0 radical (unpaired) electrons. The van der Waals surface area contributed by atoms with Crippen LogP contribution in [0.2, 0.25) is 0 Å². The third-order valence-electron chi connectivity index (χ3n) is 8.24. The van der Waals surface area contributed by atoms with E-state index in [4.69, 9.17) is 14.2 Å². The van der Waals surface area contributed by atoms with Gasteiger partial charge in [0, 0.05) is 74.5 Å². The van der Waals surface area contributed by atoms with Crippen LogP contribution in [0, 0.1) is 0 Å². The van der Waals surface area contributed by atoms with Crippen LogP contribution in [0.5, 0.6) is 17.2 Å². The largest absolute Gasteiger partial charge is 0.493 e. The number of carbonyl (C=O) groups is 1. The Morgan fingerprint density at radius 2 is 1.83 bits per heavy atom. The van der Waals surface area contributed by atoms with Gasteiger partial charge in [0.25, 0.3) is 5.92 Å². The molecular formula is C34H37F2N5O5. The van der Waals surface area contributed by atoms with Crippen molar-refractivity contribution in [2.24, 2.45) is 0 Å². The van der Waals surface area contributed by atoms with Gasteiger partial charge in [0.2, 0.25) is 0 Å². The molecule has 2 saturated heterocycles. The minimum Gasteiger partial charge on any atom is -0.493 e. The van der Waals surface area contributed by atoms with Crippen LogP contribution >= 0.6 is 0 Å². The lowest BCUT2D eigenvalue weighted by Gasteiger charge is -2.32. The summed E-state index contributed by atoms with van der Waals surface area (Å²) in [6, 6.07) is 13.9. The van der Waals surface area contributed by atoms with Gasteiger partial charge in [-0.3, -0.25) is 19.7 Å². The number of ether oxygens (including phenoxy) is 3. The van der Waals surface area contributed by atoms with Gasteiger partial charge in [-0.15, -0.1) is 0 Å².